The van der Waals surface area contributed by atoms with Crippen molar-refractivity contribution in [3.8, 4) is 5.75 Å². The van der Waals surface area contributed by atoms with Crippen LogP contribution in [0, 0.1) is 5.41 Å². The van der Waals surface area contributed by atoms with Gasteiger partial charge in [0.05, 0.1) is 6.61 Å². The van der Waals surface area contributed by atoms with E-state index in [0.717, 1.165) is 18.9 Å². The van der Waals surface area contributed by atoms with Gasteiger partial charge in [-0.3, -0.25) is 0 Å². The van der Waals surface area contributed by atoms with Crippen LogP contribution in [0.1, 0.15) is 58.3 Å². The number of nitrogens with one attached hydrogen (secondary N) is 1. The van der Waals surface area contributed by atoms with Gasteiger partial charge < -0.3 is 10.1 Å². The maximum atomic E-state index is 5.85. The zero-order valence-electron chi connectivity index (χ0n) is 13.6. The second-order valence-corrected chi connectivity index (χ2v) is 6.50. The Balaban J connectivity index is 1.73. The maximum absolute atomic E-state index is 5.85. The fourth-order valence-corrected chi connectivity index (χ4v) is 3.50. The molecule has 0 radical (unpaired) electrons. The Hall–Kier alpha value is -1.02. The van der Waals surface area contributed by atoms with Gasteiger partial charge in [0.1, 0.15) is 5.75 Å². The van der Waals surface area contributed by atoms with E-state index in [-0.39, 0.29) is 0 Å². The monoisotopic (exact) mass is 289 g/mol. The quantitative estimate of drug-likeness (QED) is 0.660. The highest BCUT2D eigenvalue weighted by atomic mass is 16.5. The Bertz CT molecular complexity index is 370. The molecule has 0 aromatic heterocycles. The lowest BCUT2D eigenvalue weighted by atomic mass is 9.71. The average molecular weight is 289 g/mol. The van der Waals surface area contributed by atoms with Gasteiger partial charge in [0.15, 0.2) is 0 Å². The molecule has 0 saturated heterocycles. The lowest BCUT2D eigenvalue weighted by Crippen LogP contribution is -2.36. The molecule has 1 N–H and O–H groups in total. The van der Waals surface area contributed by atoms with Crippen LogP contribution < -0.4 is 10.1 Å². The molecular formula is C19H31NO. The van der Waals surface area contributed by atoms with Crippen LogP contribution in [0.5, 0.6) is 5.75 Å². The van der Waals surface area contributed by atoms with Crippen molar-refractivity contribution in [2.24, 2.45) is 5.41 Å². The minimum absolute atomic E-state index is 0.535. The van der Waals surface area contributed by atoms with Gasteiger partial charge in [-0.15, -0.1) is 0 Å². The van der Waals surface area contributed by atoms with Crippen molar-refractivity contribution in [2.45, 2.75) is 58.3 Å². The number of hydrogen-bond donors (Lipinski definition) is 1. The van der Waals surface area contributed by atoms with Crippen molar-refractivity contribution in [3.05, 3.63) is 30.3 Å². The molecule has 0 amide bonds. The SMILES string of the molecule is CCCNCC1(CCCOc2ccccc2)CCCCC1. The Morgan fingerprint density at radius 1 is 1.10 bits per heavy atom. The molecule has 1 aromatic carbocycles. The fourth-order valence-electron chi connectivity index (χ4n) is 3.50. The molecule has 1 fully saturated rings. The third-order valence-corrected chi connectivity index (χ3v) is 4.70. The fraction of sp³-hybridized carbons (Fsp3) is 0.684. The minimum Gasteiger partial charge on any atom is -0.494 e. The standard InChI is InChI=1S/C19H31NO/c1-2-15-20-17-19(12-7-4-8-13-19)14-9-16-21-18-10-5-3-6-11-18/h3,5-6,10-11,20H,2,4,7-9,12-17H2,1H3. The van der Waals surface area contributed by atoms with E-state index in [1.165, 1.54) is 57.9 Å². The van der Waals surface area contributed by atoms with E-state index >= 15 is 0 Å². The molecule has 0 atom stereocenters. The maximum Gasteiger partial charge on any atom is 0.119 e. The van der Waals surface area contributed by atoms with Crippen molar-refractivity contribution in [1.82, 2.24) is 5.32 Å². The van der Waals surface area contributed by atoms with Crippen LogP contribution in [-0.2, 0) is 0 Å². The van der Waals surface area contributed by atoms with Gasteiger partial charge in [-0.25, -0.2) is 0 Å². The highest BCUT2D eigenvalue weighted by molar-refractivity contribution is 5.20. The van der Waals surface area contributed by atoms with Gasteiger partial charge in [0.2, 0.25) is 0 Å². The molecule has 1 saturated carbocycles. The lowest BCUT2D eigenvalue weighted by Gasteiger charge is -2.38. The molecule has 0 heterocycles. The van der Waals surface area contributed by atoms with E-state index in [9.17, 15) is 0 Å². The highest BCUT2D eigenvalue weighted by Gasteiger charge is 2.30. The van der Waals surface area contributed by atoms with Crippen LogP contribution in [0.3, 0.4) is 0 Å². The number of ether oxygens (including phenoxy) is 1. The van der Waals surface area contributed by atoms with Gasteiger partial charge in [-0.2, -0.15) is 0 Å². The molecule has 2 heteroatoms. The summed E-state index contributed by atoms with van der Waals surface area (Å²) in [5.74, 6) is 0.999. The summed E-state index contributed by atoms with van der Waals surface area (Å²) in [6.07, 6.45) is 10.7. The molecule has 1 aliphatic rings. The second kappa shape index (κ2) is 9.09. The first-order valence-electron chi connectivity index (χ1n) is 8.73. The van der Waals surface area contributed by atoms with Crippen LogP contribution in [-0.4, -0.2) is 19.7 Å². The van der Waals surface area contributed by atoms with Crippen molar-refractivity contribution < 1.29 is 4.74 Å². The van der Waals surface area contributed by atoms with E-state index < -0.39 is 0 Å². The topological polar surface area (TPSA) is 21.3 Å². The summed E-state index contributed by atoms with van der Waals surface area (Å²) in [6.45, 7) is 5.45. The van der Waals surface area contributed by atoms with Gasteiger partial charge in [0, 0.05) is 6.54 Å². The first-order valence-corrected chi connectivity index (χ1v) is 8.73. The van der Waals surface area contributed by atoms with Crippen LogP contribution in [0.4, 0.5) is 0 Å². The van der Waals surface area contributed by atoms with Crippen LogP contribution in [0.2, 0.25) is 0 Å². The summed E-state index contributed by atoms with van der Waals surface area (Å²) in [4.78, 5) is 0. The smallest absolute Gasteiger partial charge is 0.119 e. The summed E-state index contributed by atoms with van der Waals surface area (Å²) >= 11 is 0. The first-order chi connectivity index (χ1) is 10.3. The van der Waals surface area contributed by atoms with Gasteiger partial charge >= 0.3 is 0 Å². The zero-order chi connectivity index (χ0) is 14.8. The van der Waals surface area contributed by atoms with E-state index in [0.29, 0.717) is 5.41 Å². The van der Waals surface area contributed by atoms with Gasteiger partial charge in [-0.05, 0) is 56.2 Å². The zero-order valence-corrected chi connectivity index (χ0v) is 13.6. The van der Waals surface area contributed by atoms with Crippen molar-refractivity contribution in [1.29, 1.82) is 0 Å². The third kappa shape index (κ3) is 5.70. The normalized spacial score (nSPS) is 17.6. The summed E-state index contributed by atoms with van der Waals surface area (Å²) < 4.78 is 5.85. The predicted molar refractivity (Wildman–Crippen MR) is 89.8 cm³/mol. The van der Waals surface area contributed by atoms with E-state index in [1.54, 1.807) is 0 Å². The number of hydrogen-bond acceptors (Lipinski definition) is 2. The van der Waals surface area contributed by atoms with Gasteiger partial charge in [0.25, 0.3) is 0 Å². The molecule has 2 nitrogen and oxygen atoms in total. The summed E-state index contributed by atoms with van der Waals surface area (Å²) in [5, 5.41) is 3.66. The highest BCUT2D eigenvalue weighted by Crippen LogP contribution is 2.39. The van der Waals surface area contributed by atoms with E-state index in [1.807, 2.05) is 30.3 Å². The number of benzene rings is 1. The first kappa shape index (κ1) is 16.4. The van der Waals surface area contributed by atoms with E-state index in [4.69, 9.17) is 4.74 Å². The minimum atomic E-state index is 0.535. The van der Waals surface area contributed by atoms with Crippen molar-refractivity contribution in [3.63, 3.8) is 0 Å². The molecule has 21 heavy (non-hydrogen) atoms. The summed E-state index contributed by atoms with van der Waals surface area (Å²) in [6, 6.07) is 10.2. The van der Waals surface area contributed by atoms with Crippen molar-refractivity contribution in [2.75, 3.05) is 19.7 Å². The molecule has 1 aromatic rings. The number of rotatable bonds is 9. The van der Waals surface area contributed by atoms with Gasteiger partial charge in [-0.1, -0.05) is 44.4 Å². The van der Waals surface area contributed by atoms with Crippen molar-refractivity contribution >= 4 is 0 Å². The largest absolute Gasteiger partial charge is 0.494 e. The third-order valence-electron chi connectivity index (χ3n) is 4.70. The molecule has 0 unspecified atom stereocenters. The molecular weight excluding hydrogens is 258 g/mol. The second-order valence-electron chi connectivity index (χ2n) is 6.50. The van der Waals surface area contributed by atoms with E-state index in [2.05, 4.69) is 12.2 Å². The molecule has 2 rings (SSSR count). The molecule has 0 bridgehead atoms. The molecule has 0 aliphatic heterocycles. The summed E-state index contributed by atoms with van der Waals surface area (Å²) in [5.41, 5.74) is 0.535. The summed E-state index contributed by atoms with van der Waals surface area (Å²) in [7, 11) is 0. The van der Waals surface area contributed by atoms with Crippen LogP contribution >= 0.6 is 0 Å². The predicted octanol–water partition coefficient (Wildman–Crippen LogP) is 4.80. The Kier molecular flexibility index (Phi) is 7.08. The van der Waals surface area contributed by atoms with Crippen LogP contribution in [0.25, 0.3) is 0 Å². The Labute approximate surface area is 130 Å². The molecule has 0 spiro atoms. The lowest BCUT2D eigenvalue weighted by molar-refractivity contribution is 0.151. The average Bonchev–Trinajstić information content (AvgIpc) is 2.54. The van der Waals surface area contributed by atoms with Crippen LogP contribution in [0.15, 0.2) is 30.3 Å². The Morgan fingerprint density at radius 2 is 1.86 bits per heavy atom. The number of para-hydroxylation sites is 1. The molecule has 1 aliphatic carbocycles. The Morgan fingerprint density at radius 3 is 2.57 bits per heavy atom. The molecule has 118 valence electrons.